The Morgan fingerprint density at radius 3 is 2.46 bits per heavy atom. The van der Waals surface area contributed by atoms with Crippen molar-refractivity contribution in [2.45, 2.75) is 77.4 Å². The highest BCUT2D eigenvalue weighted by atomic mass is 16.5. The van der Waals surface area contributed by atoms with Gasteiger partial charge in [-0.15, -0.1) is 0 Å². The molecule has 3 rings (SSSR count). The Kier molecular flexibility index (Phi) is 5.22. The Hall–Kier alpha value is -1.06. The van der Waals surface area contributed by atoms with Crippen molar-refractivity contribution in [2.75, 3.05) is 13.2 Å². The van der Waals surface area contributed by atoms with E-state index in [-0.39, 0.29) is 0 Å². The lowest BCUT2D eigenvalue weighted by Crippen LogP contribution is -2.35. The second-order valence-electron chi connectivity index (χ2n) is 8.39. The summed E-state index contributed by atoms with van der Waals surface area (Å²) in [4.78, 5) is 0. The van der Waals surface area contributed by atoms with Crippen molar-refractivity contribution >= 4 is 0 Å². The van der Waals surface area contributed by atoms with E-state index in [2.05, 4.69) is 45.1 Å². The van der Waals surface area contributed by atoms with Crippen LogP contribution in [0.4, 0.5) is 0 Å². The quantitative estimate of drug-likeness (QED) is 0.797. The van der Waals surface area contributed by atoms with Crippen LogP contribution in [0.15, 0.2) is 12.1 Å². The SMILES string of the molecule is Cc1cc(OCC(O)CNC(C)C)c(C23CCC(CC2)C3)cc1C. The van der Waals surface area contributed by atoms with Gasteiger partial charge in [-0.25, -0.2) is 0 Å². The zero-order chi connectivity index (χ0) is 17.3. The molecule has 2 N–H and O–H groups in total. The number of fused-ring (bicyclic) bond motifs is 2. The van der Waals surface area contributed by atoms with Gasteiger partial charge in [-0.05, 0) is 74.5 Å². The molecule has 2 saturated carbocycles. The highest BCUT2D eigenvalue weighted by molar-refractivity contribution is 5.47. The summed E-state index contributed by atoms with van der Waals surface area (Å²) in [5, 5.41) is 13.4. The Labute approximate surface area is 146 Å². The smallest absolute Gasteiger partial charge is 0.123 e. The molecule has 1 atom stereocenters. The second-order valence-corrected chi connectivity index (χ2v) is 8.39. The molecule has 0 spiro atoms. The van der Waals surface area contributed by atoms with E-state index in [9.17, 15) is 5.11 Å². The summed E-state index contributed by atoms with van der Waals surface area (Å²) < 4.78 is 6.13. The van der Waals surface area contributed by atoms with Gasteiger partial charge in [-0.2, -0.15) is 0 Å². The molecule has 0 heterocycles. The molecule has 0 amide bonds. The summed E-state index contributed by atoms with van der Waals surface area (Å²) in [5.74, 6) is 1.92. The minimum Gasteiger partial charge on any atom is -0.491 e. The van der Waals surface area contributed by atoms with Gasteiger partial charge in [0, 0.05) is 18.2 Å². The van der Waals surface area contributed by atoms with E-state index in [4.69, 9.17) is 4.74 Å². The molecule has 0 aliphatic heterocycles. The Morgan fingerprint density at radius 2 is 1.88 bits per heavy atom. The minimum atomic E-state index is -0.473. The van der Waals surface area contributed by atoms with E-state index in [1.807, 2.05) is 0 Å². The summed E-state index contributed by atoms with van der Waals surface area (Å²) in [5.41, 5.74) is 4.35. The number of benzene rings is 1. The number of ether oxygens (including phenoxy) is 1. The molecule has 2 fully saturated rings. The molecule has 134 valence electrons. The predicted molar refractivity (Wildman–Crippen MR) is 98.8 cm³/mol. The molecule has 0 saturated heterocycles. The van der Waals surface area contributed by atoms with Crippen molar-refractivity contribution in [1.29, 1.82) is 0 Å². The lowest BCUT2D eigenvalue weighted by molar-refractivity contribution is 0.103. The topological polar surface area (TPSA) is 41.5 Å². The van der Waals surface area contributed by atoms with Crippen molar-refractivity contribution in [3.8, 4) is 5.75 Å². The molecule has 1 unspecified atom stereocenters. The number of nitrogens with one attached hydrogen (secondary N) is 1. The van der Waals surface area contributed by atoms with E-state index >= 15 is 0 Å². The molecular formula is C21H33NO2. The first-order valence-electron chi connectivity index (χ1n) is 9.55. The molecule has 1 aromatic rings. The van der Waals surface area contributed by atoms with Gasteiger partial charge in [-0.1, -0.05) is 19.9 Å². The third-order valence-electron chi connectivity index (χ3n) is 6.10. The molecule has 0 radical (unpaired) electrons. The van der Waals surface area contributed by atoms with Gasteiger partial charge in [0.05, 0.1) is 0 Å². The number of aliphatic hydroxyl groups excluding tert-OH is 1. The Balaban J connectivity index is 1.76. The number of hydrogen-bond acceptors (Lipinski definition) is 3. The lowest BCUT2D eigenvalue weighted by Gasteiger charge is -2.30. The van der Waals surface area contributed by atoms with Crippen LogP contribution in [0.25, 0.3) is 0 Å². The van der Waals surface area contributed by atoms with Gasteiger partial charge in [0.1, 0.15) is 18.5 Å². The normalized spacial score (nSPS) is 27.0. The Bertz CT molecular complexity index is 573. The molecule has 2 bridgehead atoms. The fraction of sp³-hybridized carbons (Fsp3) is 0.714. The Morgan fingerprint density at radius 1 is 1.21 bits per heavy atom. The van der Waals surface area contributed by atoms with Gasteiger partial charge in [0.25, 0.3) is 0 Å². The zero-order valence-corrected chi connectivity index (χ0v) is 15.7. The van der Waals surface area contributed by atoms with Crippen LogP contribution in [0.3, 0.4) is 0 Å². The standard InChI is InChI=1S/C21H33NO2/c1-14(2)22-12-18(23)13-24-20-10-16(4)15(3)9-19(20)21-7-5-17(11-21)6-8-21/h9-10,14,17-18,22-23H,5-8,11-13H2,1-4H3. The molecule has 1 aromatic carbocycles. The highest BCUT2D eigenvalue weighted by Gasteiger charge is 2.47. The lowest BCUT2D eigenvalue weighted by atomic mass is 9.76. The summed E-state index contributed by atoms with van der Waals surface area (Å²) in [7, 11) is 0. The average molecular weight is 332 g/mol. The van der Waals surface area contributed by atoms with Crippen LogP contribution >= 0.6 is 0 Å². The summed E-state index contributed by atoms with van der Waals surface area (Å²) in [6, 6.07) is 4.93. The maximum Gasteiger partial charge on any atom is 0.123 e. The van der Waals surface area contributed by atoms with E-state index in [0.29, 0.717) is 24.6 Å². The maximum absolute atomic E-state index is 10.2. The highest BCUT2D eigenvalue weighted by Crippen LogP contribution is 2.57. The first-order valence-corrected chi connectivity index (χ1v) is 9.55. The van der Waals surface area contributed by atoms with Gasteiger partial charge in [-0.3, -0.25) is 0 Å². The van der Waals surface area contributed by atoms with Crippen molar-refractivity contribution in [3.63, 3.8) is 0 Å². The first-order chi connectivity index (χ1) is 11.4. The van der Waals surface area contributed by atoms with Crippen LogP contribution in [-0.4, -0.2) is 30.4 Å². The van der Waals surface area contributed by atoms with E-state index in [1.165, 1.54) is 48.8 Å². The predicted octanol–water partition coefficient (Wildman–Crippen LogP) is 3.87. The van der Waals surface area contributed by atoms with Crippen LogP contribution < -0.4 is 10.1 Å². The monoisotopic (exact) mass is 331 g/mol. The van der Waals surface area contributed by atoms with Gasteiger partial charge in [0.2, 0.25) is 0 Å². The van der Waals surface area contributed by atoms with Crippen molar-refractivity contribution < 1.29 is 9.84 Å². The first kappa shape index (κ1) is 17.8. The molecule has 2 aliphatic rings. The fourth-order valence-corrected chi connectivity index (χ4v) is 4.51. The van der Waals surface area contributed by atoms with E-state index in [0.717, 1.165) is 11.7 Å². The van der Waals surface area contributed by atoms with Crippen LogP contribution in [0.1, 0.15) is 62.6 Å². The van der Waals surface area contributed by atoms with Crippen LogP contribution in [0, 0.1) is 19.8 Å². The summed E-state index contributed by atoms with van der Waals surface area (Å²) >= 11 is 0. The largest absolute Gasteiger partial charge is 0.491 e. The van der Waals surface area contributed by atoms with Crippen molar-refractivity contribution in [1.82, 2.24) is 5.32 Å². The molecule has 24 heavy (non-hydrogen) atoms. The molecule has 0 aromatic heterocycles. The number of aliphatic hydroxyl groups is 1. The summed E-state index contributed by atoms with van der Waals surface area (Å²) in [6.45, 7) is 9.45. The van der Waals surface area contributed by atoms with Crippen molar-refractivity contribution in [3.05, 3.63) is 28.8 Å². The molecular weight excluding hydrogens is 298 g/mol. The zero-order valence-electron chi connectivity index (χ0n) is 15.7. The number of hydrogen-bond donors (Lipinski definition) is 2. The van der Waals surface area contributed by atoms with Gasteiger partial charge >= 0.3 is 0 Å². The third kappa shape index (κ3) is 3.62. The second kappa shape index (κ2) is 7.05. The number of rotatable bonds is 7. The van der Waals surface area contributed by atoms with E-state index in [1.54, 1.807) is 0 Å². The molecule has 3 heteroatoms. The minimum absolute atomic E-state index is 0.333. The summed E-state index contributed by atoms with van der Waals surface area (Å²) in [6.07, 6.45) is 6.19. The van der Waals surface area contributed by atoms with Crippen LogP contribution in [0.2, 0.25) is 0 Å². The average Bonchev–Trinajstić information content (AvgIpc) is 3.15. The van der Waals surface area contributed by atoms with Gasteiger partial charge < -0.3 is 15.2 Å². The van der Waals surface area contributed by atoms with Crippen molar-refractivity contribution in [2.24, 2.45) is 5.92 Å². The van der Waals surface area contributed by atoms with Gasteiger partial charge in [0.15, 0.2) is 0 Å². The number of aryl methyl sites for hydroxylation is 2. The van der Waals surface area contributed by atoms with Crippen LogP contribution in [-0.2, 0) is 5.41 Å². The molecule has 3 nitrogen and oxygen atoms in total. The van der Waals surface area contributed by atoms with E-state index < -0.39 is 6.10 Å². The third-order valence-corrected chi connectivity index (χ3v) is 6.10. The maximum atomic E-state index is 10.2. The van der Waals surface area contributed by atoms with Crippen LogP contribution in [0.5, 0.6) is 5.75 Å². The fourth-order valence-electron chi connectivity index (χ4n) is 4.51. The molecule has 2 aliphatic carbocycles.